The summed E-state index contributed by atoms with van der Waals surface area (Å²) in [6.07, 6.45) is 12.1. The molecule has 3 saturated carbocycles. The van der Waals surface area contributed by atoms with E-state index in [1.807, 2.05) is 6.92 Å². The van der Waals surface area contributed by atoms with Crippen molar-refractivity contribution in [1.82, 2.24) is 0 Å². The Bertz CT molecular complexity index is 1330. The molecule has 3 fully saturated rings. The molecule has 0 aromatic carbocycles. The number of carbonyl (C=O) groups is 3. The maximum atomic E-state index is 13.4. The van der Waals surface area contributed by atoms with Gasteiger partial charge in [0.15, 0.2) is 5.76 Å². The molecule has 5 aliphatic rings. The fourth-order valence-corrected chi connectivity index (χ4v) is 9.15. The molecule has 6 nitrogen and oxygen atoms in total. The lowest BCUT2D eigenvalue weighted by Gasteiger charge is -2.70. The van der Waals surface area contributed by atoms with Gasteiger partial charge in [-0.2, -0.15) is 0 Å². The maximum absolute atomic E-state index is 13.4. The number of primary amides is 1. The van der Waals surface area contributed by atoms with Gasteiger partial charge in [-0.05, 0) is 112 Å². The number of amides is 1. The second-order valence-electron chi connectivity index (χ2n) is 15.5. The summed E-state index contributed by atoms with van der Waals surface area (Å²) in [5.74, 6) is -0.0403. The van der Waals surface area contributed by atoms with Crippen LogP contribution in [0.15, 0.2) is 46.3 Å². The first-order valence-corrected chi connectivity index (χ1v) is 14.9. The van der Waals surface area contributed by atoms with E-state index in [1.165, 1.54) is 5.57 Å². The van der Waals surface area contributed by atoms with E-state index in [0.717, 1.165) is 56.1 Å². The van der Waals surface area contributed by atoms with Gasteiger partial charge in [-0.1, -0.05) is 52.3 Å². The van der Waals surface area contributed by atoms with Gasteiger partial charge in [0.2, 0.25) is 11.7 Å². The van der Waals surface area contributed by atoms with E-state index < -0.39 is 17.2 Å². The van der Waals surface area contributed by atoms with Crippen molar-refractivity contribution in [3.63, 3.8) is 0 Å². The van der Waals surface area contributed by atoms with E-state index in [1.54, 1.807) is 26.8 Å². The molecule has 0 aliphatic heterocycles. The van der Waals surface area contributed by atoms with Gasteiger partial charge in [0.05, 0.1) is 0 Å². The van der Waals surface area contributed by atoms with Gasteiger partial charge in [-0.25, -0.2) is 4.79 Å². The monoisotopic (exact) mass is 549 g/mol. The second kappa shape index (κ2) is 8.69. The number of fused-ring (bicyclic) bond motifs is 7. The summed E-state index contributed by atoms with van der Waals surface area (Å²) in [6, 6.07) is 0. The Labute approximate surface area is 239 Å². The molecule has 2 N–H and O–H groups in total. The highest BCUT2D eigenvalue weighted by molar-refractivity contribution is 6.08. The Hall–Kier alpha value is -2.63. The number of ether oxygens (including phenoxy) is 2. The molecule has 0 saturated heterocycles. The SMILES string of the molecule is CC1=C(OC(=O)OC(C)(C)C)C(=O)C=C2C1=CC=C1[C@@]2(C)CC[C@@]2(C)[C@@H]3C[C@](C)(C(N)=O)CC[C@]3(C)CC[C@]12C. The molecule has 5 aliphatic carbocycles. The first kappa shape index (κ1) is 28.9. The number of nitrogens with two attached hydrogens (primary N) is 1. The third kappa shape index (κ3) is 3.99. The van der Waals surface area contributed by atoms with Crippen LogP contribution in [-0.4, -0.2) is 23.4 Å². The fourth-order valence-electron chi connectivity index (χ4n) is 9.15. The van der Waals surface area contributed by atoms with E-state index in [2.05, 4.69) is 46.8 Å². The van der Waals surface area contributed by atoms with Gasteiger partial charge in [-0.3, -0.25) is 9.59 Å². The lowest BCUT2D eigenvalue weighted by molar-refractivity contribution is -0.167. The van der Waals surface area contributed by atoms with Crippen LogP contribution in [0.2, 0.25) is 0 Å². The average Bonchev–Trinajstić information content (AvgIpc) is 2.84. The maximum Gasteiger partial charge on any atom is 0.514 e. The minimum absolute atomic E-state index is 0.00290. The molecule has 0 aromatic heterocycles. The highest BCUT2D eigenvalue weighted by Crippen LogP contribution is 2.75. The van der Waals surface area contributed by atoms with Crippen LogP contribution in [0.25, 0.3) is 0 Å². The molecule has 0 aromatic rings. The summed E-state index contributed by atoms with van der Waals surface area (Å²) in [4.78, 5) is 38.4. The third-order valence-corrected chi connectivity index (χ3v) is 12.0. The summed E-state index contributed by atoms with van der Waals surface area (Å²) >= 11 is 0. The van der Waals surface area contributed by atoms with Crippen molar-refractivity contribution in [3.8, 4) is 0 Å². The van der Waals surface area contributed by atoms with Crippen molar-refractivity contribution in [1.29, 1.82) is 0 Å². The minimum atomic E-state index is -0.868. The molecular weight excluding hydrogens is 502 g/mol. The van der Waals surface area contributed by atoms with Gasteiger partial charge in [-0.15, -0.1) is 0 Å². The Morgan fingerprint density at radius 3 is 2.23 bits per heavy atom. The highest BCUT2D eigenvalue weighted by Gasteiger charge is 2.67. The van der Waals surface area contributed by atoms with Crippen LogP contribution in [0.3, 0.4) is 0 Å². The lowest BCUT2D eigenvalue weighted by atomic mass is 9.34. The zero-order chi connectivity index (χ0) is 29.7. The zero-order valence-corrected chi connectivity index (χ0v) is 25.9. The Balaban J connectivity index is 1.55. The van der Waals surface area contributed by atoms with Crippen LogP contribution in [0, 0.1) is 33.0 Å². The van der Waals surface area contributed by atoms with Gasteiger partial charge < -0.3 is 15.2 Å². The molecule has 0 radical (unpaired) electrons. The number of hydrogen-bond donors (Lipinski definition) is 1. The number of rotatable bonds is 2. The predicted molar refractivity (Wildman–Crippen MR) is 155 cm³/mol. The molecule has 6 heteroatoms. The normalized spacial score (nSPS) is 40.9. The fraction of sp³-hybridized carbons (Fsp3) is 0.676. The van der Waals surface area contributed by atoms with Crippen LogP contribution in [-0.2, 0) is 19.1 Å². The Kier molecular flexibility index (Phi) is 6.27. The quantitative estimate of drug-likeness (QED) is 0.360. The molecule has 40 heavy (non-hydrogen) atoms. The number of ketones is 1. The first-order valence-electron chi connectivity index (χ1n) is 14.9. The van der Waals surface area contributed by atoms with Crippen molar-refractivity contribution >= 4 is 17.8 Å². The van der Waals surface area contributed by atoms with E-state index in [9.17, 15) is 14.4 Å². The smallest absolute Gasteiger partial charge is 0.428 e. The Morgan fingerprint density at radius 2 is 1.60 bits per heavy atom. The van der Waals surface area contributed by atoms with Crippen LogP contribution >= 0.6 is 0 Å². The molecular formula is C34H47NO5. The number of allylic oxidation sites excluding steroid dienone is 7. The van der Waals surface area contributed by atoms with E-state index in [4.69, 9.17) is 15.2 Å². The van der Waals surface area contributed by atoms with Crippen molar-refractivity contribution in [2.75, 3.05) is 0 Å². The Morgan fingerprint density at radius 1 is 0.950 bits per heavy atom. The van der Waals surface area contributed by atoms with Gasteiger partial charge >= 0.3 is 6.16 Å². The summed E-state index contributed by atoms with van der Waals surface area (Å²) in [6.45, 7) is 18.8. The van der Waals surface area contributed by atoms with Crippen molar-refractivity contribution in [3.05, 3.63) is 46.3 Å². The predicted octanol–water partition coefficient (Wildman–Crippen LogP) is 7.49. The van der Waals surface area contributed by atoms with Gasteiger partial charge in [0, 0.05) is 16.4 Å². The van der Waals surface area contributed by atoms with E-state index >= 15 is 0 Å². The van der Waals surface area contributed by atoms with Crippen molar-refractivity contribution < 1.29 is 23.9 Å². The molecule has 0 spiro atoms. The van der Waals surface area contributed by atoms with Gasteiger partial charge in [0.25, 0.3) is 0 Å². The molecule has 0 heterocycles. The molecule has 0 unspecified atom stereocenters. The van der Waals surface area contributed by atoms with Crippen molar-refractivity contribution in [2.24, 2.45) is 38.7 Å². The first-order chi connectivity index (χ1) is 18.3. The second-order valence-corrected chi connectivity index (χ2v) is 15.5. The topological polar surface area (TPSA) is 95.7 Å². The number of hydrogen-bond acceptors (Lipinski definition) is 5. The van der Waals surface area contributed by atoms with E-state index in [0.29, 0.717) is 11.5 Å². The van der Waals surface area contributed by atoms with Crippen molar-refractivity contribution in [2.45, 2.75) is 113 Å². The summed E-state index contributed by atoms with van der Waals surface area (Å²) in [5.41, 5.74) is 8.62. The standard InChI is InChI=1S/C34H47NO5/c1-20-21-10-11-24-32(7,22(21)18-23(36)26(20)39-28(38)40-29(2,3)4)15-17-34(9)25-19-31(6,27(35)37)13-12-30(25,5)14-16-33(24,34)8/h10-11,18,25H,12-17,19H2,1-9H3,(H2,35,37)/t25-,30-,31-,32+,33-,34+/m1/s1. The largest absolute Gasteiger partial charge is 0.514 e. The zero-order valence-electron chi connectivity index (χ0n) is 25.9. The molecule has 6 atom stereocenters. The molecule has 218 valence electrons. The van der Waals surface area contributed by atoms with Crippen LogP contribution in [0.5, 0.6) is 0 Å². The van der Waals surface area contributed by atoms with Crippen LogP contribution in [0.4, 0.5) is 4.79 Å². The average molecular weight is 550 g/mol. The summed E-state index contributed by atoms with van der Waals surface area (Å²) < 4.78 is 10.8. The molecule has 1 amide bonds. The molecule has 0 bridgehead atoms. The minimum Gasteiger partial charge on any atom is -0.428 e. The number of carbonyl (C=O) groups excluding carboxylic acids is 3. The third-order valence-electron chi connectivity index (χ3n) is 12.0. The van der Waals surface area contributed by atoms with Crippen LogP contribution < -0.4 is 5.73 Å². The summed E-state index contributed by atoms with van der Waals surface area (Å²) in [5, 5.41) is 0. The lowest BCUT2D eigenvalue weighted by Crippen LogP contribution is -2.62. The van der Waals surface area contributed by atoms with E-state index in [-0.39, 0.29) is 39.1 Å². The molecule has 5 rings (SSSR count). The highest BCUT2D eigenvalue weighted by atomic mass is 16.7. The van der Waals surface area contributed by atoms with Gasteiger partial charge in [0.1, 0.15) is 5.60 Å². The van der Waals surface area contributed by atoms with Crippen LogP contribution in [0.1, 0.15) is 107 Å². The summed E-state index contributed by atoms with van der Waals surface area (Å²) in [7, 11) is 0.